The molecule has 2 aromatic carbocycles. The van der Waals surface area contributed by atoms with Gasteiger partial charge in [0.2, 0.25) is 0 Å². The SMILES string of the molecule is COc1ccc2c(c1)O[C@H](c1cc(F)c(F)cc1F)C(C=O)=C2. The zero-order valence-corrected chi connectivity index (χ0v) is 12.0. The van der Waals surface area contributed by atoms with Crippen LogP contribution in [0.3, 0.4) is 0 Å². The molecular weight excluding hydrogens is 309 g/mol. The fourth-order valence-corrected chi connectivity index (χ4v) is 2.39. The highest BCUT2D eigenvalue weighted by atomic mass is 19.2. The van der Waals surface area contributed by atoms with Crippen molar-refractivity contribution in [2.75, 3.05) is 7.11 Å². The molecule has 0 aromatic heterocycles. The lowest BCUT2D eigenvalue weighted by atomic mass is 9.96. The molecule has 1 atom stereocenters. The van der Waals surface area contributed by atoms with E-state index in [4.69, 9.17) is 9.47 Å². The van der Waals surface area contributed by atoms with E-state index in [0.717, 1.165) is 0 Å². The first-order chi connectivity index (χ1) is 11.0. The topological polar surface area (TPSA) is 35.5 Å². The van der Waals surface area contributed by atoms with Gasteiger partial charge in [-0.1, -0.05) is 0 Å². The Kier molecular flexibility index (Phi) is 3.82. The standard InChI is InChI=1S/C17H11F3O3/c1-22-11-3-2-9-4-10(8-21)17(23-16(9)5-11)12-6-14(19)15(20)7-13(12)18/h2-8,17H,1H3/t17-/m0/s1. The number of rotatable bonds is 3. The van der Waals surface area contributed by atoms with E-state index in [2.05, 4.69) is 0 Å². The van der Waals surface area contributed by atoms with Crippen LogP contribution in [0.2, 0.25) is 0 Å². The van der Waals surface area contributed by atoms with Crippen molar-refractivity contribution in [2.24, 2.45) is 0 Å². The monoisotopic (exact) mass is 320 g/mol. The van der Waals surface area contributed by atoms with Crippen molar-refractivity contribution < 1.29 is 27.4 Å². The first-order valence-electron chi connectivity index (χ1n) is 6.69. The van der Waals surface area contributed by atoms with Crippen LogP contribution in [0, 0.1) is 17.5 Å². The quantitative estimate of drug-likeness (QED) is 0.637. The molecule has 0 saturated carbocycles. The van der Waals surface area contributed by atoms with Crippen LogP contribution < -0.4 is 9.47 Å². The maximum Gasteiger partial charge on any atom is 0.161 e. The van der Waals surface area contributed by atoms with Crippen LogP contribution in [0.25, 0.3) is 6.08 Å². The maximum absolute atomic E-state index is 14.0. The fourth-order valence-electron chi connectivity index (χ4n) is 2.39. The molecule has 118 valence electrons. The van der Waals surface area contributed by atoms with Crippen LogP contribution in [-0.2, 0) is 4.79 Å². The summed E-state index contributed by atoms with van der Waals surface area (Å²) in [5, 5.41) is 0. The predicted molar refractivity (Wildman–Crippen MR) is 76.7 cm³/mol. The molecule has 0 radical (unpaired) electrons. The van der Waals surface area contributed by atoms with E-state index in [1.807, 2.05) is 0 Å². The minimum atomic E-state index is -1.30. The van der Waals surface area contributed by atoms with E-state index >= 15 is 0 Å². The Bertz CT molecular complexity index is 815. The zero-order chi connectivity index (χ0) is 16.6. The van der Waals surface area contributed by atoms with Crippen molar-refractivity contribution in [1.82, 2.24) is 0 Å². The number of carbonyl (C=O) groups is 1. The van der Waals surface area contributed by atoms with E-state index in [9.17, 15) is 18.0 Å². The molecule has 0 bridgehead atoms. The van der Waals surface area contributed by atoms with Crippen LogP contribution >= 0.6 is 0 Å². The van der Waals surface area contributed by atoms with Gasteiger partial charge in [0.1, 0.15) is 23.6 Å². The summed E-state index contributed by atoms with van der Waals surface area (Å²) in [5.74, 6) is -2.65. The summed E-state index contributed by atoms with van der Waals surface area (Å²) < 4.78 is 51.2. The van der Waals surface area contributed by atoms with Crippen molar-refractivity contribution >= 4 is 12.4 Å². The highest BCUT2D eigenvalue weighted by Crippen LogP contribution is 2.39. The Hall–Kier alpha value is -2.76. The number of fused-ring (bicyclic) bond motifs is 1. The second kappa shape index (κ2) is 5.79. The Morgan fingerprint density at radius 3 is 2.52 bits per heavy atom. The summed E-state index contributed by atoms with van der Waals surface area (Å²) in [5.41, 5.74) is 0.454. The number of carbonyl (C=O) groups excluding carboxylic acids is 1. The number of benzene rings is 2. The molecule has 6 heteroatoms. The Morgan fingerprint density at radius 1 is 1.09 bits per heavy atom. The Balaban J connectivity index is 2.10. The molecule has 0 fully saturated rings. The molecule has 1 aliphatic rings. The molecule has 3 nitrogen and oxygen atoms in total. The van der Waals surface area contributed by atoms with Crippen molar-refractivity contribution in [3.8, 4) is 11.5 Å². The zero-order valence-electron chi connectivity index (χ0n) is 12.0. The van der Waals surface area contributed by atoms with Crippen LogP contribution in [0.15, 0.2) is 35.9 Å². The first-order valence-corrected chi connectivity index (χ1v) is 6.69. The Morgan fingerprint density at radius 2 is 1.83 bits per heavy atom. The first kappa shape index (κ1) is 15.1. The van der Waals surface area contributed by atoms with Gasteiger partial charge in [-0.25, -0.2) is 13.2 Å². The summed E-state index contributed by atoms with van der Waals surface area (Å²) in [6, 6.07) is 6.04. The third-order valence-corrected chi connectivity index (χ3v) is 3.55. The molecule has 0 saturated heterocycles. The van der Waals surface area contributed by atoms with Gasteiger partial charge in [-0.05, 0) is 24.3 Å². The molecule has 0 aliphatic carbocycles. The van der Waals surface area contributed by atoms with Gasteiger partial charge in [-0.3, -0.25) is 4.79 Å². The molecule has 0 amide bonds. The van der Waals surface area contributed by atoms with E-state index in [0.29, 0.717) is 35.5 Å². The number of hydrogen-bond acceptors (Lipinski definition) is 3. The van der Waals surface area contributed by atoms with Gasteiger partial charge in [-0.2, -0.15) is 0 Å². The average molecular weight is 320 g/mol. The Labute approximate surface area is 130 Å². The van der Waals surface area contributed by atoms with E-state index in [-0.39, 0.29) is 11.1 Å². The molecule has 23 heavy (non-hydrogen) atoms. The lowest BCUT2D eigenvalue weighted by Gasteiger charge is -2.26. The normalized spacial score (nSPS) is 16.2. The van der Waals surface area contributed by atoms with Crippen molar-refractivity contribution in [2.45, 2.75) is 6.10 Å². The fraction of sp³-hybridized carbons (Fsp3) is 0.118. The largest absolute Gasteiger partial charge is 0.497 e. The molecule has 3 rings (SSSR count). The minimum absolute atomic E-state index is 0.104. The predicted octanol–water partition coefficient (Wildman–Crippen LogP) is 3.83. The molecule has 0 spiro atoms. The number of hydrogen-bond donors (Lipinski definition) is 0. The summed E-state index contributed by atoms with van der Waals surface area (Å²) in [6.45, 7) is 0. The second-order valence-electron chi connectivity index (χ2n) is 4.95. The summed E-state index contributed by atoms with van der Waals surface area (Å²) in [4.78, 5) is 11.3. The summed E-state index contributed by atoms with van der Waals surface area (Å²) in [6.07, 6.45) is 0.844. The molecule has 0 unspecified atom stereocenters. The molecule has 2 aromatic rings. The van der Waals surface area contributed by atoms with Crippen molar-refractivity contribution in [3.63, 3.8) is 0 Å². The van der Waals surface area contributed by atoms with E-state index in [1.165, 1.54) is 13.2 Å². The van der Waals surface area contributed by atoms with Gasteiger partial charge in [0.15, 0.2) is 17.7 Å². The smallest absolute Gasteiger partial charge is 0.161 e. The second-order valence-corrected chi connectivity index (χ2v) is 4.95. The van der Waals surface area contributed by atoms with Gasteiger partial charge in [0, 0.05) is 28.8 Å². The minimum Gasteiger partial charge on any atom is -0.497 e. The lowest BCUT2D eigenvalue weighted by molar-refractivity contribution is -0.105. The molecular formula is C17H11F3O3. The van der Waals surface area contributed by atoms with E-state index in [1.54, 1.807) is 18.2 Å². The average Bonchev–Trinajstić information content (AvgIpc) is 2.56. The summed E-state index contributed by atoms with van der Waals surface area (Å²) in [7, 11) is 1.48. The third-order valence-electron chi connectivity index (χ3n) is 3.55. The van der Waals surface area contributed by atoms with Crippen LogP contribution in [0.5, 0.6) is 11.5 Å². The van der Waals surface area contributed by atoms with Gasteiger partial charge in [-0.15, -0.1) is 0 Å². The number of ether oxygens (including phenoxy) is 2. The van der Waals surface area contributed by atoms with E-state index < -0.39 is 23.6 Å². The number of aldehydes is 1. The number of halogens is 3. The van der Waals surface area contributed by atoms with Crippen LogP contribution in [0.1, 0.15) is 17.2 Å². The highest BCUT2D eigenvalue weighted by molar-refractivity contribution is 5.86. The summed E-state index contributed by atoms with van der Waals surface area (Å²) >= 11 is 0. The van der Waals surface area contributed by atoms with Crippen molar-refractivity contribution in [3.05, 3.63) is 64.5 Å². The third kappa shape index (κ3) is 2.67. The van der Waals surface area contributed by atoms with Gasteiger partial charge >= 0.3 is 0 Å². The van der Waals surface area contributed by atoms with Gasteiger partial charge < -0.3 is 9.47 Å². The van der Waals surface area contributed by atoms with Crippen LogP contribution in [-0.4, -0.2) is 13.4 Å². The molecule has 1 aliphatic heterocycles. The molecule has 0 N–H and O–H groups in total. The van der Waals surface area contributed by atoms with Gasteiger partial charge in [0.05, 0.1) is 7.11 Å². The van der Waals surface area contributed by atoms with Gasteiger partial charge in [0.25, 0.3) is 0 Å². The maximum atomic E-state index is 14.0. The van der Waals surface area contributed by atoms with Crippen molar-refractivity contribution in [1.29, 1.82) is 0 Å². The van der Waals surface area contributed by atoms with Crippen LogP contribution in [0.4, 0.5) is 13.2 Å². The number of methoxy groups -OCH3 is 1. The molecule has 1 heterocycles. The lowest BCUT2D eigenvalue weighted by Crippen LogP contribution is -2.17. The highest BCUT2D eigenvalue weighted by Gasteiger charge is 2.28.